The fourth-order valence-electron chi connectivity index (χ4n) is 1.77. The average Bonchev–Trinajstić information content (AvgIpc) is 2.76. The van der Waals surface area contributed by atoms with Crippen molar-refractivity contribution in [2.24, 2.45) is 11.7 Å². The predicted molar refractivity (Wildman–Crippen MR) is 73.6 cm³/mol. The summed E-state index contributed by atoms with van der Waals surface area (Å²) in [5.41, 5.74) is 6.77. The zero-order valence-corrected chi connectivity index (χ0v) is 11.0. The van der Waals surface area contributed by atoms with Crippen molar-refractivity contribution in [2.45, 2.75) is 26.3 Å². The van der Waals surface area contributed by atoms with E-state index in [4.69, 9.17) is 5.73 Å². The normalized spacial score (nSPS) is 13.2. The average molecular weight is 247 g/mol. The van der Waals surface area contributed by atoms with E-state index in [2.05, 4.69) is 0 Å². The Hall–Kier alpha value is -1.19. The minimum Gasteiger partial charge on any atom is -0.327 e. The molecule has 0 fully saturated rings. The summed E-state index contributed by atoms with van der Waals surface area (Å²) in [6.07, 6.45) is 0.425. The number of hydrogen-bond donors (Lipinski definition) is 1. The van der Waals surface area contributed by atoms with Gasteiger partial charge < -0.3 is 5.73 Å². The first-order chi connectivity index (χ1) is 8.09. The van der Waals surface area contributed by atoms with E-state index in [1.165, 1.54) is 0 Å². The standard InChI is InChI=1S/C14H17NOS/c1-9(2)12(15)8-13(16)11-5-3-4-10-6-7-17-14(10)11/h3-7,9,12H,8,15H2,1-2H3. The largest absolute Gasteiger partial charge is 0.327 e. The minimum absolute atomic E-state index is 0.0577. The number of thiophene rings is 1. The third-order valence-corrected chi connectivity index (χ3v) is 4.02. The molecule has 3 heteroatoms. The predicted octanol–water partition coefficient (Wildman–Crippen LogP) is 3.46. The smallest absolute Gasteiger partial charge is 0.165 e. The molecule has 0 bridgehead atoms. The number of fused-ring (bicyclic) bond motifs is 1. The van der Waals surface area contributed by atoms with Gasteiger partial charge in [0, 0.05) is 22.7 Å². The summed E-state index contributed by atoms with van der Waals surface area (Å²) < 4.78 is 1.08. The second-order valence-electron chi connectivity index (χ2n) is 4.68. The van der Waals surface area contributed by atoms with Crippen molar-refractivity contribution >= 4 is 27.2 Å². The van der Waals surface area contributed by atoms with Crippen molar-refractivity contribution in [2.75, 3.05) is 0 Å². The van der Waals surface area contributed by atoms with Gasteiger partial charge in [-0.1, -0.05) is 26.0 Å². The highest BCUT2D eigenvalue weighted by atomic mass is 32.1. The first-order valence-corrected chi connectivity index (χ1v) is 6.72. The van der Waals surface area contributed by atoms with Crippen LogP contribution in [0, 0.1) is 5.92 Å². The Balaban J connectivity index is 2.27. The summed E-state index contributed by atoms with van der Waals surface area (Å²) >= 11 is 1.62. The van der Waals surface area contributed by atoms with E-state index >= 15 is 0 Å². The van der Waals surface area contributed by atoms with E-state index in [1.54, 1.807) is 11.3 Å². The second-order valence-corrected chi connectivity index (χ2v) is 5.60. The quantitative estimate of drug-likeness (QED) is 0.841. The molecule has 90 valence electrons. The van der Waals surface area contributed by atoms with Crippen LogP contribution in [0.3, 0.4) is 0 Å². The number of hydrogen-bond acceptors (Lipinski definition) is 3. The molecule has 0 amide bonds. The number of Topliss-reactive ketones (excluding diaryl/α,β-unsaturated/α-hetero) is 1. The zero-order chi connectivity index (χ0) is 12.4. The fraction of sp³-hybridized carbons (Fsp3) is 0.357. The highest BCUT2D eigenvalue weighted by Crippen LogP contribution is 2.26. The van der Waals surface area contributed by atoms with Gasteiger partial charge in [0.2, 0.25) is 0 Å². The topological polar surface area (TPSA) is 43.1 Å². The lowest BCUT2D eigenvalue weighted by Crippen LogP contribution is -2.29. The number of benzene rings is 1. The number of carbonyl (C=O) groups excluding carboxylic acids is 1. The SMILES string of the molecule is CC(C)C(N)CC(=O)c1cccc2ccsc12. The lowest BCUT2D eigenvalue weighted by atomic mass is 9.96. The van der Waals surface area contributed by atoms with Crippen LogP contribution in [0.2, 0.25) is 0 Å². The van der Waals surface area contributed by atoms with Crippen molar-refractivity contribution < 1.29 is 4.79 Å². The molecule has 1 unspecified atom stereocenters. The highest BCUT2D eigenvalue weighted by molar-refractivity contribution is 7.17. The van der Waals surface area contributed by atoms with E-state index in [0.29, 0.717) is 12.3 Å². The summed E-state index contributed by atoms with van der Waals surface area (Å²) in [7, 11) is 0. The number of nitrogens with two attached hydrogens (primary N) is 1. The molecule has 0 saturated heterocycles. The van der Waals surface area contributed by atoms with Crippen LogP contribution in [-0.4, -0.2) is 11.8 Å². The van der Waals surface area contributed by atoms with Gasteiger partial charge in [-0.3, -0.25) is 4.79 Å². The molecule has 0 radical (unpaired) electrons. The molecule has 1 aromatic carbocycles. The van der Waals surface area contributed by atoms with Crippen LogP contribution >= 0.6 is 11.3 Å². The molecule has 0 spiro atoms. The van der Waals surface area contributed by atoms with E-state index in [9.17, 15) is 4.79 Å². The molecular formula is C14H17NOS. The van der Waals surface area contributed by atoms with Crippen LogP contribution in [0.1, 0.15) is 30.6 Å². The Morgan fingerprint density at radius 1 is 1.35 bits per heavy atom. The van der Waals surface area contributed by atoms with Gasteiger partial charge in [-0.05, 0) is 28.8 Å². The first-order valence-electron chi connectivity index (χ1n) is 5.84. The Morgan fingerprint density at radius 2 is 2.12 bits per heavy atom. The van der Waals surface area contributed by atoms with E-state index < -0.39 is 0 Å². The van der Waals surface area contributed by atoms with E-state index in [0.717, 1.165) is 15.6 Å². The van der Waals surface area contributed by atoms with Crippen LogP contribution in [0.15, 0.2) is 29.6 Å². The van der Waals surface area contributed by atoms with Crippen molar-refractivity contribution in [3.05, 3.63) is 35.2 Å². The molecule has 2 N–H and O–H groups in total. The van der Waals surface area contributed by atoms with Crippen molar-refractivity contribution in [3.8, 4) is 0 Å². The van der Waals surface area contributed by atoms with Crippen molar-refractivity contribution in [1.82, 2.24) is 0 Å². The summed E-state index contributed by atoms with van der Waals surface area (Å²) in [6.45, 7) is 4.09. The summed E-state index contributed by atoms with van der Waals surface area (Å²) in [5, 5.41) is 3.16. The Morgan fingerprint density at radius 3 is 2.82 bits per heavy atom. The lowest BCUT2D eigenvalue weighted by Gasteiger charge is -2.14. The molecule has 1 heterocycles. The number of ketones is 1. The van der Waals surface area contributed by atoms with Gasteiger partial charge in [0.1, 0.15) is 0 Å². The number of rotatable bonds is 4. The van der Waals surface area contributed by atoms with Crippen molar-refractivity contribution in [1.29, 1.82) is 0 Å². The molecule has 1 aromatic heterocycles. The van der Waals surface area contributed by atoms with Gasteiger partial charge in [-0.2, -0.15) is 0 Å². The molecule has 0 saturated carbocycles. The van der Waals surface area contributed by atoms with Gasteiger partial charge in [0.25, 0.3) is 0 Å². The first kappa shape index (κ1) is 12.3. The zero-order valence-electron chi connectivity index (χ0n) is 10.1. The minimum atomic E-state index is -0.0577. The maximum absolute atomic E-state index is 12.2. The third-order valence-electron chi connectivity index (χ3n) is 3.06. The third kappa shape index (κ3) is 2.56. The van der Waals surface area contributed by atoms with Gasteiger partial charge in [-0.15, -0.1) is 11.3 Å². The highest BCUT2D eigenvalue weighted by Gasteiger charge is 2.16. The lowest BCUT2D eigenvalue weighted by molar-refractivity contribution is 0.0969. The second kappa shape index (κ2) is 4.98. The van der Waals surface area contributed by atoms with E-state index in [-0.39, 0.29) is 11.8 Å². The molecule has 2 nitrogen and oxygen atoms in total. The molecule has 0 aliphatic heterocycles. The Labute approximate surface area is 105 Å². The molecular weight excluding hydrogens is 230 g/mol. The summed E-state index contributed by atoms with van der Waals surface area (Å²) in [5.74, 6) is 0.487. The Bertz CT molecular complexity index is 530. The Kier molecular flexibility index (Phi) is 3.60. The van der Waals surface area contributed by atoms with Gasteiger partial charge >= 0.3 is 0 Å². The number of carbonyl (C=O) groups is 1. The maximum Gasteiger partial charge on any atom is 0.165 e. The van der Waals surface area contributed by atoms with Crippen LogP contribution in [-0.2, 0) is 0 Å². The van der Waals surface area contributed by atoms with Crippen LogP contribution in [0.5, 0.6) is 0 Å². The van der Waals surface area contributed by atoms with Gasteiger partial charge in [0.15, 0.2) is 5.78 Å². The monoisotopic (exact) mass is 247 g/mol. The van der Waals surface area contributed by atoms with Crippen molar-refractivity contribution in [3.63, 3.8) is 0 Å². The van der Waals surface area contributed by atoms with Crippen LogP contribution in [0.4, 0.5) is 0 Å². The molecule has 1 atom stereocenters. The van der Waals surface area contributed by atoms with Crippen LogP contribution in [0.25, 0.3) is 10.1 Å². The maximum atomic E-state index is 12.2. The van der Waals surface area contributed by atoms with Gasteiger partial charge in [-0.25, -0.2) is 0 Å². The van der Waals surface area contributed by atoms with Crippen LogP contribution < -0.4 is 5.73 Å². The van der Waals surface area contributed by atoms with Gasteiger partial charge in [0.05, 0.1) is 0 Å². The molecule has 0 aliphatic rings. The fourth-order valence-corrected chi connectivity index (χ4v) is 2.70. The molecule has 17 heavy (non-hydrogen) atoms. The summed E-state index contributed by atoms with van der Waals surface area (Å²) in [4.78, 5) is 12.2. The molecule has 2 rings (SSSR count). The molecule has 2 aromatic rings. The summed E-state index contributed by atoms with van der Waals surface area (Å²) in [6, 6.07) is 7.85. The van der Waals surface area contributed by atoms with E-state index in [1.807, 2.05) is 43.5 Å². The molecule has 0 aliphatic carbocycles.